The number of aromatic nitrogens is 2. The molecule has 0 spiro atoms. The average molecular weight is 291 g/mol. The minimum absolute atomic E-state index is 0.0476. The Balaban J connectivity index is 2.67. The molecular weight excluding hydrogens is 281 g/mol. The van der Waals surface area contributed by atoms with E-state index in [4.69, 9.17) is 23.2 Å². The Morgan fingerprint density at radius 2 is 1.78 bits per heavy atom. The summed E-state index contributed by atoms with van der Waals surface area (Å²) < 4.78 is 29.0. The first-order chi connectivity index (χ1) is 8.45. The van der Waals surface area contributed by atoms with Crippen LogP contribution in [0.2, 0.25) is 5.02 Å². The number of alkyl halides is 1. The summed E-state index contributed by atoms with van der Waals surface area (Å²) in [5, 5.41) is 4.43. The Kier molecular flexibility index (Phi) is 3.59. The van der Waals surface area contributed by atoms with Crippen molar-refractivity contribution < 1.29 is 8.78 Å². The van der Waals surface area contributed by atoms with Crippen LogP contribution in [0.25, 0.3) is 5.69 Å². The molecule has 0 aliphatic carbocycles. The fourth-order valence-corrected chi connectivity index (χ4v) is 2.01. The number of hydrogen-bond acceptors (Lipinski definition) is 1. The van der Waals surface area contributed by atoms with Crippen LogP contribution in [0.1, 0.15) is 17.0 Å². The molecule has 0 aliphatic heterocycles. The van der Waals surface area contributed by atoms with E-state index in [1.54, 1.807) is 13.8 Å². The molecule has 0 N–H and O–H groups in total. The van der Waals surface area contributed by atoms with Crippen molar-refractivity contribution in [1.82, 2.24) is 9.78 Å². The first-order valence-corrected chi connectivity index (χ1v) is 6.13. The molecule has 0 bridgehead atoms. The van der Waals surface area contributed by atoms with Crippen LogP contribution in [0.5, 0.6) is 0 Å². The summed E-state index contributed by atoms with van der Waals surface area (Å²) in [5.74, 6) is -1.38. The van der Waals surface area contributed by atoms with Gasteiger partial charge in [-0.25, -0.2) is 13.5 Å². The molecule has 6 heteroatoms. The SMILES string of the molecule is Cc1nn(-c2c(F)cc(CCl)cc2F)c(C)c1Cl. The molecule has 0 saturated heterocycles. The summed E-state index contributed by atoms with van der Waals surface area (Å²) in [6, 6.07) is 2.38. The van der Waals surface area contributed by atoms with E-state index in [0.717, 1.165) is 0 Å². The molecule has 0 amide bonds. The zero-order valence-corrected chi connectivity index (χ0v) is 11.3. The molecule has 1 aromatic heterocycles. The Morgan fingerprint density at radius 3 is 2.17 bits per heavy atom. The van der Waals surface area contributed by atoms with Gasteiger partial charge in [0.25, 0.3) is 0 Å². The molecule has 0 aliphatic rings. The summed E-state index contributed by atoms with van der Waals surface area (Å²) in [6.07, 6.45) is 0. The van der Waals surface area contributed by atoms with E-state index >= 15 is 0 Å². The van der Waals surface area contributed by atoms with Gasteiger partial charge in [-0.2, -0.15) is 5.10 Å². The van der Waals surface area contributed by atoms with Gasteiger partial charge in [-0.1, -0.05) is 11.6 Å². The zero-order chi connectivity index (χ0) is 13.4. The van der Waals surface area contributed by atoms with Crippen molar-refractivity contribution >= 4 is 23.2 Å². The standard InChI is InChI=1S/C12H10Cl2F2N2/c1-6-11(14)7(2)18(17-6)12-9(15)3-8(5-13)4-10(12)16/h3-4H,5H2,1-2H3. The molecule has 2 nitrogen and oxygen atoms in total. The van der Waals surface area contributed by atoms with Crippen LogP contribution in [0, 0.1) is 25.5 Å². The molecule has 2 rings (SSSR count). The highest BCUT2D eigenvalue weighted by Gasteiger charge is 2.18. The molecule has 18 heavy (non-hydrogen) atoms. The fourth-order valence-electron chi connectivity index (χ4n) is 1.74. The largest absolute Gasteiger partial charge is 0.230 e. The van der Waals surface area contributed by atoms with E-state index in [-0.39, 0.29) is 11.6 Å². The molecule has 0 saturated carbocycles. The van der Waals surface area contributed by atoms with Crippen LogP contribution in [-0.2, 0) is 5.88 Å². The Hall–Kier alpha value is -1.13. The minimum atomic E-state index is -0.715. The van der Waals surface area contributed by atoms with Crippen LogP contribution in [-0.4, -0.2) is 9.78 Å². The van der Waals surface area contributed by atoms with Crippen molar-refractivity contribution in [3.63, 3.8) is 0 Å². The second-order valence-electron chi connectivity index (χ2n) is 3.94. The van der Waals surface area contributed by atoms with Gasteiger partial charge in [0.05, 0.1) is 16.4 Å². The van der Waals surface area contributed by atoms with Crippen LogP contribution in [0.3, 0.4) is 0 Å². The van der Waals surface area contributed by atoms with Gasteiger partial charge in [0, 0.05) is 5.88 Å². The molecule has 0 atom stereocenters. The summed E-state index contributed by atoms with van der Waals surface area (Å²) in [6.45, 7) is 3.32. The summed E-state index contributed by atoms with van der Waals surface area (Å²) >= 11 is 11.5. The van der Waals surface area contributed by atoms with Gasteiger partial charge in [-0.15, -0.1) is 11.6 Å². The lowest BCUT2D eigenvalue weighted by Gasteiger charge is -2.08. The smallest absolute Gasteiger partial charge is 0.152 e. The second kappa shape index (κ2) is 4.86. The maximum Gasteiger partial charge on any atom is 0.152 e. The number of aryl methyl sites for hydroxylation is 1. The van der Waals surface area contributed by atoms with Gasteiger partial charge < -0.3 is 0 Å². The maximum absolute atomic E-state index is 13.9. The molecule has 0 radical (unpaired) electrons. The monoisotopic (exact) mass is 290 g/mol. The van der Waals surface area contributed by atoms with Crippen molar-refractivity contribution in [1.29, 1.82) is 0 Å². The molecule has 96 valence electrons. The summed E-state index contributed by atoms with van der Waals surface area (Å²) in [5.41, 5.74) is 1.15. The van der Waals surface area contributed by atoms with Crippen molar-refractivity contribution in [2.45, 2.75) is 19.7 Å². The lowest BCUT2D eigenvalue weighted by molar-refractivity contribution is 0.555. The van der Waals surface area contributed by atoms with E-state index in [2.05, 4.69) is 5.10 Å². The number of halogens is 4. The average Bonchev–Trinajstić information content (AvgIpc) is 2.56. The second-order valence-corrected chi connectivity index (χ2v) is 4.58. The molecule has 1 heterocycles. The molecule has 2 aromatic rings. The number of benzene rings is 1. The lowest BCUT2D eigenvalue weighted by Crippen LogP contribution is -2.06. The van der Waals surface area contributed by atoms with E-state index in [1.807, 2.05) is 0 Å². The molecule has 0 fully saturated rings. The number of rotatable bonds is 2. The van der Waals surface area contributed by atoms with Gasteiger partial charge in [-0.05, 0) is 31.5 Å². The van der Waals surface area contributed by atoms with Crippen molar-refractivity contribution in [3.8, 4) is 5.69 Å². The van der Waals surface area contributed by atoms with Crippen molar-refractivity contribution in [3.05, 3.63) is 45.7 Å². The molecule has 0 unspecified atom stereocenters. The summed E-state index contributed by atoms with van der Waals surface area (Å²) in [7, 11) is 0. The lowest BCUT2D eigenvalue weighted by atomic mass is 10.2. The van der Waals surface area contributed by atoms with Gasteiger partial charge in [0.2, 0.25) is 0 Å². The maximum atomic E-state index is 13.9. The predicted octanol–water partition coefficient (Wildman–Crippen LogP) is 4.16. The Morgan fingerprint density at radius 1 is 1.22 bits per heavy atom. The fraction of sp³-hybridized carbons (Fsp3) is 0.250. The van der Waals surface area contributed by atoms with Gasteiger partial charge in [-0.3, -0.25) is 0 Å². The minimum Gasteiger partial charge on any atom is -0.230 e. The van der Waals surface area contributed by atoms with Gasteiger partial charge in [0.1, 0.15) is 5.69 Å². The van der Waals surface area contributed by atoms with E-state index in [9.17, 15) is 8.78 Å². The molecule has 1 aromatic carbocycles. The third-order valence-electron chi connectivity index (χ3n) is 2.65. The van der Waals surface area contributed by atoms with Crippen LogP contribution in [0.15, 0.2) is 12.1 Å². The van der Waals surface area contributed by atoms with Crippen molar-refractivity contribution in [2.75, 3.05) is 0 Å². The molecular formula is C12H10Cl2F2N2. The number of nitrogens with zero attached hydrogens (tertiary/aromatic N) is 2. The first-order valence-electron chi connectivity index (χ1n) is 5.21. The third kappa shape index (κ3) is 2.10. The highest BCUT2D eigenvalue weighted by molar-refractivity contribution is 6.31. The van der Waals surface area contributed by atoms with E-state index < -0.39 is 11.6 Å². The van der Waals surface area contributed by atoms with Gasteiger partial charge in [0.15, 0.2) is 11.6 Å². The van der Waals surface area contributed by atoms with Crippen LogP contribution >= 0.6 is 23.2 Å². The topological polar surface area (TPSA) is 17.8 Å². The highest BCUT2D eigenvalue weighted by atomic mass is 35.5. The Bertz CT molecular complexity index is 585. The van der Waals surface area contributed by atoms with E-state index in [0.29, 0.717) is 22.0 Å². The van der Waals surface area contributed by atoms with Crippen LogP contribution < -0.4 is 0 Å². The van der Waals surface area contributed by atoms with Gasteiger partial charge >= 0.3 is 0 Å². The number of hydrogen-bond donors (Lipinski definition) is 0. The van der Waals surface area contributed by atoms with E-state index in [1.165, 1.54) is 16.8 Å². The zero-order valence-electron chi connectivity index (χ0n) is 9.77. The highest BCUT2D eigenvalue weighted by Crippen LogP contribution is 2.26. The summed E-state index contributed by atoms with van der Waals surface area (Å²) in [4.78, 5) is 0. The predicted molar refractivity (Wildman–Crippen MR) is 67.5 cm³/mol. The Labute approximate surface area is 113 Å². The normalized spacial score (nSPS) is 11.0. The third-order valence-corrected chi connectivity index (χ3v) is 3.50. The van der Waals surface area contributed by atoms with Crippen molar-refractivity contribution in [2.24, 2.45) is 0 Å². The quantitative estimate of drug-likeness (QED) is 0.760. The first kappa shape index (κ1) is 13.3. The van der Waals surface area contributed by atoms with Crippen LogP contribution in [0.4, 0.5) is 8.78 Å².